The Morgan fingerprint density at radius 2 is 1.41 bits per heavy atom. The van der Waals surface area contributed by atoms with Crippen LogP contribution in [0, 0.1) is 0 Å². The van der Waals surface area contributed by atoms with Crippen LogP contribution < -0.4 is 24.8 Å². The molecular formula is C26H28N2O5S. The van der Waals surface area contributed by atoms with Crippen molar-refractivity contribution >= 4 is 35.0 Å². The molecule has 0 saturated heterocycles. The summed E-state index contributed by atoms with van der Waals surface area (Å²) in [6.45, 7) is 4.36. The number of anilines is 2. The van der Waals surface area contributed by atoms with Crippen LogP contribution in [0.4, 0.5) is 11.4 Å². The van der Waals surface area contributed by atoms with Crippen molar-refractivity contribution in [2.24, 2.45) is 0 Å². The number of rotatable bonds is 10. The van der Waals surface area contributed by atoms with Crippen molar-refractivity contribution in [3.05, 3.63) is 72.3 Å². The number of methoxy groups -OCH3 is 2. The summed E-state index contributed by atoms with van der Waals surface area (Å²) >= 11 is 1.43. The van der Waals surface area contributed by atoms with E-state index in [9.17, 15) is 9.59 Å². The summed E-state index contributed by atoms with van der Waals surface area (Å²) in [5, 5.41) is 5.46. The van der Waals surface area contributed by atoms with Crippen LogP contribution >= 0.6 is 11.8 Å². The van der Waals surface area contributed by atoms with E-state index in [0.29, 0.717) is 35.0 Å². The van der Waals surface area contributed by atoms with Gasteiger partial charge >= 0.3 is 0 Å². The molecule has 0 aliphatic rings. The number of hydrogen-bond acceptors (Lipinski definition) is 6. The summed E-state index contributed by atoms with van der Waals surface area (Å²) in [5.74, 6) is 1.18. The molecule has 2 amide bonds. The smallest absolute Gasteiger partial charge is 0.263 e. The Bertz CT molecular complexity index is 1090. The van der Waals surface area contributed by atoms with Crippen LogP contribution in [0.2, 0.25) is 0 Å². The Morgan fingerprint density at radius 1 is 0.853 bits per heavy atom. The highest BCUT2D eigenvalue weighted by atomic mass is 32.2. The molecule has 3 aromatic carbocycles. The highest BCUT2D eigenvalue weighted by Crippen LogP contribution is 2.30. The Kier molecular flexibility index (Phi) is 8.81. The number of nitrogens with one attached hydrogen (secondary N) is 2. The maximum atomic E-state index is 12.8. The summed E-state index contributed by atoms with van der Waals surface area (Å²) in [7, 11) is 3.01. The first-order chi connectivity index (χ1) is 16.4. The third kappa shape index (κ3) is 6.45. The summed E-state index contributed by atoms with van der Waals surface area (Å²) < 4.78 is 16.0. The first kappa shape index (κ1) is 25.0. The number of ether oxygens (including phenoxy) is 3. The zero-order valence-corrected chi connectivity index (χ0v) is 20.4. The van der Waals surface area contributed by atoms with Crippen LogP contribution in [0.15, 0.2) is 71.6 Å². The Labute approximate surface area is 203 Å². The van der Waals surface area contributed by atoms with Crippen molar-refractivity contribution in [2.75, 3.05) is 31.5 Å². The van der Waals surface area contributed by atoms with Crippen molar-refractivity contribution < 1.29 is 23.8 Å². The second kappa shape index (κ2) is 12.0. The van der Waals surface area contributed by atoms with E-state index < -0.39 is 0 Å². The average molecular weight is 481 g/mol. The van der Waals surface area contributed by atoms with Gasteiger partial charge in [-0.2, -0.15) is 0 Å². The van der Waals surface area contributed by atoms with Gasteiger partial charge in [-0.15, -0.1) is 11.8 Å². The summed E-state index contributed by atoms with van der Waals surface area (Å²) in [4.78, 5) is 26.3. The Morgan fingerprint density at radius 3 is 1.97 bits per heavy atom. The normalized spacial score (nSPS) is 11.3. The van der Waals surface area contributed by atoms with E-state index in [1.165, 1.54) is 26.0 Å². The molecule has 1 atom stereocenters. The van der Waals surface area contributed by atoms with Gasteiger partial charge in [0.05, 0.1) is 26.1 Å². The Hall–Kier alpha value is -3.65. The fourth-order valence-electron chi connectivity index (χ4n) is 3.19. The molecule has 0 spiro atoms. The van der Waals surface area contributed by atoms with Gasteiger partial charge in [0, 0.05) is 16.3 Å². The van der Waals surface area contributed by atoms with Crippen LogP contribution in [0.1, 0.15) is 24.2 Å². The molecule has 8 heteroatoms. The molecule has 0 bridgehead atoms. The van der Waals surface area contributed by atoms with E-state index in [1.54, 1.807) is 30.3 Å². The fourth-order valence-corrected chi connectivity index (χ4v) is 4.06. The molecule has 0 saturated carbocycles. The van der Waals surface area contributed by atoms with Gasteiger partial charge < -0.3 is 24.8 Å². The van der Waals surface area contributed by atoms with Crippen molar-refractivity contribution in [3.63, 3.8) is 0 Å². The number of hydrogen-bond donors (Lipinski definition) is 2. The van der Waals surface area contributed by atoms with Gasteiger partial charge in [-0.3, -0.25) is 9.59 Å². The molecule has 0 aliphatic heterocycles. The second-order valence-electron chi connectivity index (χ2n) is 7.22. The van der Waals surface area contributed by atoms with Gasteiger partial charge in [-0.1, -0.05) is 6.07 Å². The van der Waals surface area contributed by atoms with Gasteiger partial charge in [0.2, 0.25) is 5.91 Å². The minimum absolute atomic E-state index is 0.102. The third-order valence-corrected chi connectivity index (χ3v) is 5.99. The second-order valence-corrected chi connectivity index (χ2v) is 8.64. The molecule has 2 N–H and O–H groups in total. The molecule has 0 heterocycles. The molecule has 1 unspecified atom stereocenters. The molecule has 3 aromatic rings. The first-order valence-corrected chi connectivity index (χ1v) is 11.7. The molecular weight excluding hydrogens is 452 g/mol. The molecule has 34 heavy (non-hydrogen) atoms. The van der Waals surface area contributed by atoms with E-state index in [4.69, 9.17) is 14.2 Å². The SMILES string of the molecule is CCOc1ccc(NC(=O)C(C)Sc2ccc(NC(=O)c3c(OC)cccc3OC)cc2)cc1. The summed E-state index contributed by atoms with van der Waals surface area (Å²) in [6, 6.07) is 19.7. The minimum atomic E-state index is -0.335. The largest absolute Gasteiger partial charge is 0.496 e. The number of amides is 2. The standard InChI is InChI=1S/C26H28N2O5S/c1-5-33-20-13-9-18(10-14-20)27-25(29)17(2)34-21-15-11-19(12-16-21)28-26(30)24-22(31-3)7-6-8-23(24)32-4/h6-17H,5H2,1-4H3,(H,27,29)(H,28,30). The lowest BCUT2D eigenvalue weighted by molar-refractivity contribution is -0.115. The van der Waals surface area contributed by atoms with Crippen LogP contribution in [0.3, 0.4) is 0 Å². The van der Waals surface area contributed by atoms with Gasteiger partial charge in [0.25, 0.3) is 5.91 Å². The van der Waals surface area contributed by atoms with Crippen molar-refractivity contribution in [3.8, 4) is 17.2 Å². The molecule has 7 nitrogen and oxygen atoms in total. The van der Waals surface area contributed by atoms with E-state index >= 15 is 0 Å². The predicted octanol–water partition coefficient (Wildman–Crippen LogP) is 5.47. The van der Waals surface area contributed by atoms with E-state index in [1.807, 2.05) is 50.2 Å². The van der Waals surface area contributed by atoms with Gasteiger partial charge in [0.15, 0.2) is 0 Å². The maximum absolute atomic E-state index is 12.8. The highest BCUT2D eigenvalue weighted by molar-refractivity contribution is 8.00. The van der Waals surface area contributed by atoms with Gasteiger partial charge in [-0.05, 0) is 74.5 Å². The first-order valence-electron chi connectivity index (χ1n) is 10.8. The van der Waals surface area contributed by atoms with Crippen LogP contribution in [-0.2, 0) is 4.79 Å². The van der Waals surface area contributed by atoms with Crippen LogP contribution in [0.5, 0.6) is 17.2 Å². The number of thioether (sulfide) groups is 1. The van der Waals surface area contributed by atoms with Crippen molar-refractivity contribution in [1.82, 2.24) is 0 Å². The lowest BCUT2D eigenvalue weighted by Gasteiger charge is -2.14. The molecule has 0 fully saturated rings. The number of carbonyl (C=O) groups is 2. The van der Waals surface area contributed by atoms with E-state index in [-0.39, 0.29) is 17.1 Å². The number of carbonyl (C=O) groups excluding carboxylic acids is 2. The Balaban J connectivity index is 1.59. The molecule has 178 valence electrons. The topological polar surface area (TPSA) is 85.9 Å². The van der Waals surface area contributed by atoms with Gasteiger partial charge in [0.1, 0.15) is 22.8 Å². The van der Waals surface area contributed by atoms with Crippen molar-refractivity contribution in [2.45, 2.75) is 24.0 Å². The fraction of sp³-hybridized carbons (Fsp3) is 0.231. The van der Waals surface area contributed by atoms with E-state index in [2.05, 4.69) is 10.6 Å². The number of benzene rings is 3. The lowest BCUT2D eigenvalue weighted by Crippen LogP contribution is -2.22. The molecule has 0 aliphatic carbocycles. The third-order valence-electron chi connectivity index (χ3n) is 4.88. The molecule has 0 aromatic heterocycles. The quantitative estimate of drug-likeness (QED) is 0.374. The zero-order chi connectivity index (χ0) is 24.5. The van der Waals surface area contributed by atoms with Crippen LogP contribution in [-0.4, -0.2) is 37.9 Å². The monoisotopic (exact) mass is 480 g/mol. The van der Waals surface area contributed by atoms with Crippen molar-refractivity contribution in [1.29, 1.82) is 0 Å². The summed E-state index contributed by atoms with van der Waals surface area (Å²) in [5.41, 5.74) is 1.66. The highest BCUT2D eigenvalue weighted by Gasteiger charge is 2.19. The average Bonchev–Trinajstić information content (AvgIpc) is 2.85. The predicted molar refractivity (Wildman–Crippen MR) is 136 cm³/mol. The van der Waals surface area contributed by atoms with E-state index in [0.717, 1.165) is 10.6 Å². The summed E-state index contributed by atoms with van der Waals surface area (Å²) in [6.07, 6.45) is 0. The molecule has 3 rings (SSSR count). The van der Waals surface area contributed by atoms with Gasteiger partial charge in [-0.25, -0.2) is 0 Å². The maximum Gasteiger partial charge on any atom is 0.263 e. The molecule has 0 radical (unpaired) electrons. The van der Waals surface area contributed by atoms with Crippen LogP contribution in [0.25, 0.3) is 0 Å². The minimum Gasteiger partial charge on any atom is -0.496 e. The zero-order valence-electron chi connectivity index (χ0n) is 19.6. The lowest BCUT2D eigenvalue weighted by atomic mass is 10.1.